The van der Waals surface area contributed by atoms with Crippen molar-refractivity contribution in [3.8, 4) is 11.3 Å². The maximum Gasteiger partial charge on any atom is 0.221 e. The van der Waals surface area contributed by atoms with Crippen molar-refractivity contribution in [2.45, 2.75) is 34.2 Å². The van der Waals surface area contributed by atoms with Crippen LogP contribution in [0.2, 0.25) is 0 Å². The van der Waals surface area contributed by atoms with E-state index >= 15 is 0 Å². The van der Waals surface area contributed by atoms with Crippen LogP contribution in [-0.2, 0) is 11.3 Å². The fourth-order valence-corrected chi connectivity index (χ4v) is 3.20. The second-order valence-corrected chi connectivity index (χ2v) is 7.64. The highest BCUT2D eigenvalue weighted by atomic mass is 16.1. The number of hydrogen-bond acceptors (Lipinski definition) is 4. The Morgan fingerprint density at radius 2 is 1.74 bits per heavy atom. The standard InChI is InChI=1S/C22H20N4O.C3H7N/c1-15-12-23-13-21(24-15)18-5-3-17(4-6-18)14-26-10-9-19-11-20(25-16(2)27)7-8-22(19)26;1-3(2)4/h3-13H,14H2,1-2H3,(H,25,27);4H,1-2H3. The van der Waals surface area contributed by atoms with Gasteiger partial charge in [-0.15, -0.1) is 0 Å². The molecule has 0 spiro atoms. The topological polar surface area (TPSA) is 83.7 Å². The van der Waals surface area contributed by atoms with Crippen molar-refractivity contribution in [1.82, 2.24) is 14.5 Å². The van der Waals surface area contributed by atoms with Gasteiger partial charge in [-0.25, -0.2) is 4.98 Å². The summed E-state index contributed by atoms with van der Waals surface area (Å²) in [6, 6.07) is 16.4. The van der Waals surface area contributed by atoms with Gasteiger partial charge in [-0.05, 0) is 50.6 Å². The number of carbonyl (C=O) groups excluding carboxylic acids is 1. The molecule has 0 saturated carbocycles. The first-order valence-electron chi connectivity index (χ1n) is 10.1. The fourth-order valence-electron chi connectivity index (χ4n) is 3.20. The van der Waals surface area contributed by atoms with E-state index < -0.39 is 0 Å². The summed E-state index contributed by atoms with van der Waals surface area (Å²) in [4.78, 5) is 20.0. The van der Waals surface area contributed by atoms with Crippen molar-refractivity contribution in [2.24, 2.45) is 0 Å². The number of anilines is 1. The van der Waals surface area contributed by atoms with Crippen LogP contribution in [0, 0.1) is 12.3 Å². The van der Waals surface area contributed by atoms with E-state index in [1.165, 1.54) is 12.5 Å². The smallest absolute Gasteiger partial charge is 0.221 e. The van der Waals surface area contributed by atoms with Gasteiger partial charge < -0.3 is 15.3 Å². The number of fused-ring (bicyclic) bond motifs is 1. The predicted molar refractivity (Wildman–Crippen MR) is 127 cm³/mol. The molecule has 2 N–H and O–H groups in total. The average Bonchev–Trinajstić information content (AvgIpc) is 3.10. The van der Waals surface area contributed by atoms with E-state index in [-0.39, 0.29) is 5.91 Å². The molecule has 31 heavy (non-hydrogen) atoms. The Balaban J connectivity index is 0.000000628. The van der Waals surface area contributed by atoms with Gasteiger partial charge >= 0.3 is 0 Å². The summed E-state index contributed by atoms with van der Waals surface area (Å²) in [6.07, 6.45) is 5.61. The molecular weight excluding hydrogens is 386 g/mol. The minimum Gasteiger partial charge on any atom is -0.343 e. The summed E-state index contributed by atoms with van der Waals surface area (Å²) >= 11 is 0. The molecule has 0 bridgehead atoms. The van der Waals surface area contributed by atoms with Crippen LogP contribution in [0.3, 0.4) is 0 Å². The number of nitrogens with zero attached hydrogens (tertiary/aromatic N) is 3. The predicted octanol–water partition coefficient (Wildman–Crippen LogP) is 5.46. The molecule has 0 aliphatic carbocycles. The highest BCUT2D eigenvalue weighted by Crippen LogP contribution is 2.23. The molecule has 0 aliphatic heterocycles. The molecule has 158 valence electrons. The summed E-state index contributed by atoms with van der Waals surface area (Å²) in [5.74, 6) is -0.0628. The molecule has 0 atom stereocenters. The van der Waals surface area contributed by atoms with Crippen LogP contribution < -0.4 is 5.32 Å². The van der Waals surface area contributed by atoms with E-state index in [1.54, 1.807) is 26.2 Å². The first-order chi connectivity index (χ1) is 14.8. The highest BCUT2D eigenvalue weighted by molar-refractivity contribution is 5.92. The zero-order valence-corrected chi connectivity index (χ0v) is 18.3. The van der Waals surface area contributed by atoms with Crippen LogP contribution in [-0.4, -0.2) is 26.2 Å². The lowest BCUT2D eigenvalue weighted by Crippen LogP contribution is -2.05. The molecule has 0 saturated heterocycles. The number of carbonyl (C=O) groups is 1. The number of rotatable bonds is 4. The van der Waals surface area contributed by atoms with Gasteiger partial charge in [-0.3, -0.25) is 9.78 Å². The molecule has 0 unspecified atom stereocenters. The lowest BCUT2D eigenvalue weighted by atomic mass is 10.1. The summed E-state index contributed by atoms with van der Waals surface area (Å²) in [6.45, 7) is 7.74. The minimum absolute atomic E-state index is 0.0628. The van der Waals surface area contributed by atoms with Crippen LogP contribution in [0.15, 0.2) is 67.1 Å². The number of aryl methyl sites for hydroxylation is 1. The van der Waals surface area contributed by atoms with E-state index in [9.17, 15) is 4.79 Å². The number of nitrogens with one attached hydrogen (secondary N) is 2. The van der Waals surface area contributed by atoms with Crippen molar-refractivity contribution >= 4 is 28.2 Å². The molecule has 0 aliphatic rings. The van der Waals surface area contributed by atoms with Crippen LogP contribution in [0.4, 0.5) is 5.69 Å². The lowest BCUT2D eigenvalue weighted by molar-refractivity contribution is -0.114. The third-order valence-electron chi connectivity index (χ3n) is 4.45. The molecule has 4 aromatic rings. The summed E-state index contributed by atoms with van der Waals surface area (Å²) in [5, 5.41) is 10.4. The number of amides is 1. The first kappa shape index (κ1) is 21.9. The van der Waals surface area contributed by atoms with Crippen LogP contribution >= 0.6 is 0 Å². The van der Waals surface area contributed by atoms with Gasteiger partial charge in [0.15, 0.2) is 0 Å². The number of aromatic nitrogens is 3. The zero-order chi connectivity index (χ0) is 22.4. The van der Waals surface area contributed by atoms with Gasteiger partial charge in [0.25, 0.3) is 0 Å². The Kier molecular flexibility index (Phi) is 6.92. The molecule has 2 aromatic heterocycles. The van der Waals surface area contributed by atoms with E-state index in [0.717, 1.165) is 40.1 Å². The number of benzene rings is 2. The SMILES string of the molecule is CC(=O)Nc1ccc2c(ccn2Cc2ccc(-c3cncc(C)n3)cc2)c1.CC(C)=N. The van der Waals surface area contributed by atoms with Crippen LogP contribution in [0.1, 0.15) is 32.0 Å². The third kappa shape index (κ3) is 6.09. The van der Waals surface area contributed by atoms with Crippen molar-refractivity contribution in [2.75, 3.05) is 5.32 Å². The Labute approximate surface area is 182 Å². The maximum absolute atomic E-state index is 11.2. The van der Waals surface area contributed by atoms with Crippen molar-refractivity contribution in [3.63, 3.8) is 0 Å². The van der Waals surface area contributed by atoms with Crippen molar-refractivity contribution in [3.05, 3.63) is 78.4 Å². The Bertz CT molecular complexity index is 1200. The average molecular weight is 414 g/mol. The normalized spacial score (nSPS) is 10.3. The molecule has 2 aromatic carbocycles. The first-order valence-corrected chi connectivity index (χ1v) is 10.1. The fraction of sp³-hybridized carbons (Fsp3) is 0.200. The van der Waals surface area contributed by atoms with E-state index in [0.29, 0.717) is 5.71 Å². The minimum atomic E-state index is -0.0628. The van der Waals surface area contributed by atoms with Gasteiger partial charge in [0.1, 0.15) is 0 Å². The van der Waals surface area contributed by atoms with Gasteiger partial charge in [0.2, 0.25) is 5.91 Å². The highest BCUT2D eigenvalue weighted by Gasteiger charge is 2.05. The Morgan fingerprint density at radius 1 is 1.03 bits per heavy atom. The molecule has 6 nitrogen and oxygen atoms in total. The van der Waals surface area contributed by atoms with Gasteiger partial charge in [0.05, 0.1) is 17.6 Å². The molecule has 6 heteroatoms. The number of hydrogen-bond donors (Lipinski definition) is 2. The lowest BCUT2D eigenvalue weighted by Gasteiger charge is -2.08. The van der Waals surface area contributed by atoms with Gasteiger partial charge in [-0.2, -0.15) is 0 Å². The summed E-state index contributed by atoms with van der Waals surface area (Å²) in [7, 11) is 0. The monoisotopic (exact) mass is 413 g/mol. The van der Waals surface area contributed by atoms with E-state index in [1.807, 2.05) is 25.1 Å². The third-order valence-corrected chi connectivity index (χ3v) is 4.45. The van der Waals surface area contributed by atoms with E-state index in [2.05, 4.69) is 56.4 Å². The zero-order valence-electron chi connectivity index (χ0n) is 18.3. The largest absolute Gasteiger partial charge is 0.343 e. The molecule has 4 rings (SSSR count). The Morgan fingerprint density at radius 3 is 2.39 bits per heavy atom. The second kappa shape index (κ2) is 9.80. The quantitative estimate of drug-likeness (QED) is 0.436. The molecular formula is C25H27N5O. The van der Waals surface area contributed by atoms with Crippen molar-refractivity contribution in [1.29, 1.82) is 5.41 Å². The van der Waals surface area contributed by atoms with Gasteiger partial charge in [-0.1, -0.05) is 24.3 Å². The molecule has 0 fully saturated rings. The van der Waals surface area contributed by atoms with Gasteiger partial charge in [0, 0.05) is 53.7 Å². The molecule has 2 heterocycles. The van der Waals surface area contributed by atoms with Crippen molar-refractivity contribution < 1.29 is 4.79 Å². The summed E-state index contributed by atoms with van der Waals surface area (Å²) in [5.41, 5.74) is 6.69. The summed E-state index contributed by atoms with van der Waals surface area (Å²) < 4.78 is 2.20. The van der Waals surface area contributed by atoms with Crippen LogP contribution in [0.25, 0.3) is 22.2 Å². The Hall–Kier alpha value is -3.80. The van der Waals surface area contributed by atoms with Crippen LogP contribution in [0.5, 0.6) is 0 Å². The maximum atomic E-state index is 11.2. The second-order valence-electron chi connectivity index (χ2n) is 7.64. The van der Waals surface area contributed by atoms with E-state index in [4.69, 9.17) is 5.41 Å². The molecule has 1 amide bonds. The molecule has 0 radical (unpaired) electrons.